The summed E-state index contributed by atoms with van der Waals surface area (Å²) >= 11 is 0. The maximum Gasteiger partial charge on any atom is 0.243 e. The van der Waals surface area contributed by atoms with Crippen LogP contribution in [-0.4, -0.2) is 32.6 Å². The molecule has 25 heavy (non-hydrogen) atoms. The molecule has 7 heteroatoms. The van der Waals surface area contributed by atoms with Crippen LogP contribution in [0, 0.1) is 0 Å². The standard InChI is InChI=1S/C18H22N4O2.HI/c1-19-18(20-12-14-7-6-10-16(11-14)24-2)21-13-17(23)22-15-8-4-3-5-9-15;/h3-11H,12-13H2,1-2H3,(H,22,23)(H2,19,20,21);1H. The Balaban J connectivity index is 0.00000312. The Kier molecular flexibility index (Phi) is 9.38. The van der Waals surface area contributed by atoms with E-state index in [9.17, 15) is 4.79 Å². The summed E-state index contributed by atoms with van der Waals surface area (Å²) in [7, 11) is 3.30. The van der Waals surface area contributed by atoms with E-state index in [1.54, 1.807) is 14.2 Å². The van der Waals surface area contributed by atoms with Gasteiger partial charge in [-0.25, -0.2) is 0 Å². The quantitative estimate of drug-likeness (QED) is 0.357. The van der Waals surface area contributed by atoms with Gasteiger partial charge in [0.25, 0.3) is 0 Å². The molecule has 6 nitrogen and oxygen atoms in total. The van der Waals surface area contributed by atoms with E-state index in [4.69, 9.17) is 4.74 Å². The van der Waals surface area contributed by atoms with Crippen LogP contribution in [-0.2, 0) is 11.3 Å². The third-order valence-corrected chi connectivity index (χ3v) is 3.29. The summed E-state index contributed by atoms with van der Waals surface area (Å²) in [5, 5.41) is 8.95. The highest BCUT2D eigenvalue weighted by molar-refractivity contribution is 14.0. The van der Waals surface area contributed by atoms with Gasteiger partial charge >= 0.3 is 0 Å². The minimum absolute atomic E-state index is 0. The van der Waals surface area contributed by atoms with E-state index in [1.165, 1.54) is 0 Å². The Morgan fingerprint density at radius 1 is 1.08 bits per heavy atom. The fourth-order valence-corrected chi connectivity index (χ4v) is 2.08. The predicted octanol–water partition coefficient (Wildman–Crippen LogP) is 2.62. The summed E-state index contributed by atoms with van der Waals surface area (Å²) in [5.41, 5.74) is 1.83. The predicted molar refractivity (Wildman–Crippen MR) is 112 cm³/mol. The largest absolute Gasteiger partial charge is 0.497 e. The lowest BCUT2D eigenvalue weighted by Crippen LogP contribution is -2.41. The van der Waals surface area contributed by atoms with E-state index < -0.39 is 0 Å². The SMILES string of the molecule is CN=C(NCC(=O)Nc1ccccc1)NCc1cccc(OC)c1.I. The number of ether oxygens (including phenoxy) is 1. The van der Waals surface area contributed by atoms with E-state index in [2.05, 4.69) is 20.9 Å². The minimum Gasteiger partial charge on any atom is -0.497 e. The normalized spacial score (nSPS) is 10.4. The molecule has 0 aliphatic heterocycles. The van der Waals surface area contributed by atoms with Crippen molar-refractivity contribution in [1.82, 2.24) is 10.6 Å². The number of benzene rings is 2. The van der Waals surface area contributed by atoms with Gasteiger partial charge in [0.2, 0.25) is 5.91 Å². The summed E-state index contributed by atoms with van der Waals surface area (Å²) in [6, 6.07) is 17.1. The average molecular weight is 454 g/mol. The number of para-hydroxylation sites is 1. The molecule has 0 atom stereocenters. The topological polar surface area (TPSA) is 74.8 Å². The molecule has 0 saturated carbocycles. The van der Waals surface area contributed by atoms with Crippen molar-refractivity contribution in [3.05, 3.63) is 60.2 Å². The number of nitrogens with one attached hydrogen (secondary N) is 3. The van der Waals surface area contributed by atoms with Crippen molar-refractivity contribution in [3.8, 4) is 5.75 Å². The number of amides is 1. The molecule has 2 rings (SSSR count). The lowest BCUT2D eigenvalue weighted by molar-refractivity contribution is -0.115. The second-order valence-corrected chi connectivity index (χ2v) is 5.05. The van der Waals surface area contributed by atoms with E-state index in [-0.39, 0.29) is 36.4 Å². The van der Waals surface area contributed by atoms with E-state index >= 15 is 0 Å². The summed E-state index contributed by atoms with van der Waals surface area (Å²) in [6.07, 6.45) is 0. The van der Waals surface area contributed by atoms with Gasteiger partial charge in [-0.15, -0.1) is 24.0 Å². The van der Waals surface area contributed by atoms with Gasteiger partial charge in [-0.05, 0) is 29.8 Å². The molecule has 0 aliphatic carbocycles. The van der Waals surface area contributed by atoms with Crippen LogP contribution in [0.4, 0.5) is 5.69 Å². The first-order valence-electron chi connectivity index (χ1n) is 7.63. The fourth-order valence-electron chi connectivity index (χ4n) is 2.08. The lowest BCUT2D eigenvalue weighted by atomic mass is 10.2. The maximum absolute atomic E-state index is 11.9. The third kappa shape index (κ3) is 7.42. The Bertz CT molecular complexity index is 692. The van der Waals surface area contributed by atoms with Crippen LogP contribution in [0.15, 0.2) is 59.6 Å². The van der Waals surface area contributed by atoms with Crippen molar-refractivity contribution < 1.29 is 9.53 Å². The second-order valence-electron chi connectivity index (χ2n) is 5.05. The third-order valence-electron chi connectivity index (χ3n) is 3.29. The molecule has 0 saturated heterocycles. The van der Waals surface area contributed by atoms with Crippen LogP contribution < -0.4 is 20.7 Å². The summed E-state index contributed by atoms with van der Waals surface area (Å²) in [4.78, 5) is 16.0. The van der Waals surface area contributed by atoms with Crippen LogP contribution in [0.25, 0.3) is 0 Å². The van der Waals surface area contributed by atoms with Gasteiger partial charge in [0.05, 0.1) is 13.7 Å². The second kappa shape index (κ2) is 11.3. The van der Waals surface area contributed by atoms with Crippen LogP contribution in [0.2, 0.25) is 0 Å². The van der Waals surface area contributed by atoms with Crippen LogP contribution >= 0.6 is 24.0 Å². The zero-order valence-corrected chi connectivity index (χ0v) is 16.6. The Hall–Kier alpha value is -2.29. The van der Waals surface area contributed by atoms with Crippen molar-refractivity contribution in [1.29, 1.82) is 0 Å². The van der Waals surface area contributed by atoms with E-state index in [0.29, 0.717) is 12.5 Å². The smallest absolute Gasteiger partial charge is 0.243 e. The number of guanidine groups is 1. The van der Waals surface area contributed by atoms with Crippen LogP contribution in [0.3, 0.4) is 0 Å². The molecule has 0 aliphatic rings. The molecule has 0 bridgehead atoms. The molecule has 0 aromatic heterocycles. The molecule has 0 fully saturated rings. The van der Waals surface area contributed by atoms with Crippen molar-refractivity contribution in [3.63, 3.8) is 0 Å². The number of aliphatic imine (C=N–C) groups is 1. The molecule has 134 valence electrons. The monoisotopic (exact) mass is 454 g/mol. The molecular formula is C18H23IN4O2. The number of rotatable bonds is 6. The highest BCUT2D eigenvalue weighted by Gasteiger charge is 2.04. The molecular weight excluding hydrogens is 431 g/mol. The molecule has 2 aromatic carbocycles. The van der Waals surface area contributed by atoms with Crippen LogP contribution in [0.1, 0.15) is 5.56 Å². The van der Waals surface area contributed by atoms with Crippen LogP contribution in [0.5, 0.6) is 5.75 Å². The molecule has 0 unspecified atom stereocenters. The molecule has 0 heterocycles. The molecule has 2 aromatic rings. The van der Waals surface area contributed by atoms with E-state index in [0.717, 1.165) is 17.0 Å². The number of hydrogen-bond donors (Lipinski definition) is 3. The van der Waals surface area contributed by atoms with Gasteiger partial charge in [-0.1, -0.05) is 30.3 Å². The Labute approximate surface area is 165 Å². The first kappa shape index (κ1) is 20.8. The molecule has 1 amide bonds. The Morgan fingerprint density at radius 2 is 1.84 bits per heavy atom. The van der Waals surface area contributed by atoms with Gasteiger partial charge in [0.15, 0.2) is 5.96 Å². The number of hydrogen-bond acceptors (Lipinski definition) is 3. The maximum atomic E-state index is 11.9. The first-order valence-corrected chi connectivity index (χ1v) is 7.63. The lowest BCUT2D eigenvalue weighted by Gasteiger charge is -2.12. The highest BCUT2D eigenvalue weighted by Crippen LogP contribution is 2.12. The highest BCUT2D eigenvalue weighted by atomic mass is 127. The van der Waals surface area contributed by atoms with Gasteiger partial charge in [-0.3, -0.25) is 9.79 Å². The van der Waals surface area contributed by atoms with Crippen molar-refractivity contribution >= 4 is 41.5 Å². The number of anilines is 1. The zero-order chi connectivity index (χ0) is 17.2. The summed E-state index contributed by atoms with van der Waals surface area (Å²) < 4.78 is 5.20. The summed E-state index contributed by atoms with van der Waals surface area (Å²) in [5.74, 6) is 1.23. The Morgan fingerprint density at radius 3 is 2.52 bits per heavy atom. The number of methoxy groups -OCH3 is 1. The molecule has 3 N–H and O–H groups in total. The van der Waals surface area contributed by atoms with Crippen molar-refractivity contribution in [2.24, 2.45) is 4.99 Å². The van der Waals surface area contributed by atoms with Crippen molar-refractivity contribution in [2.75, 3.05) is 26.0 Å². The molecule has 0 spiro atoms. The minimum atomic E-state index is -0.134. The first-order chi connectivity index (χ1) is 11.7. The van der Waals surface area contributed by atoms with Gasteiger partial charge in [0.1, 0.15) is 5.75 Å². The van der Waals surface area contributed by atoms with Gasteiger partial charge in [-0.2, -0.15) is 0 Å². The average Bonchev–Trinajstić information content (AvgIpc) is 2.63. The fraction of sp³-hybridized carbons (Fsp3) is 0.222. The number of carbonyl (C=O) groups excluding carboxylic acids is 1. The van der Waals surface area contributed by atoms with Crippen molar-refractivity contribution in [2.45, 2.75) is 6.54 Å². The zero-order valence-electron chi connectivity index (χ0n) is 14.3. The van der Waals surface area contributed by atoms with Gasteiger partial charge in [0, 0.05) is 19.3 Å². The summed E-state index contributed by atoms with van der Waals surface area (Å²) in [6.45, 7) is 0.712. The number of nitrogens with zero attached hydrogens (tertiary/aromatic N) is 1. The molecule has 0 radical (unpaired) electrons. The number of halogens is 1. The van der Waals surface area contributed by atoms with Gasteiger partial charge < -0.3 is 20.7 Å². The number of carbonyl (C=O) groups is 1. The van der Waals surface area contributed by atoms with E-state index in [1.807, 2.05) is 54.6 Å².